The van der Waals surface area contributed by atoms with Crippen molar-refractivity contribution in [1.29, 1.82) is 0 Å². The fourth-order valence-corrected chi connectivity index (χ4v) is 3.23. The molecule has 0 aromatic heterocycles. The SMILES string of the molecule is CC(C)(CC(C)(C)C(=O)c1ccccc1)C(=O)c1ccccc1. The molecule has 0 fully saturated rings. The van der Waals surface area contributed by atoms with E-state index in [0.29, 0.717) is 17.5 Å². The summed E-state index contributed by atoms with van der Waals surface area (Å²) in [5, 5.41) is 0. The Bertz CT molecular complexity index is 621. The van der Waals surface area contributed by atoms with Crippen molar-refractivity contribution >= 4 is 11.6 Å². The molecule has 2 aromatic rings. The van der Waals surface area contributed by atoms with E-state index in [0.717, 1.165) is 0 Å². The van der Waals surface area contributed by atoms with Crippen molar-refractivity contribution in [3.63, 3.8) is 0 Å². The number of Topliss-reactive ketones (excluding diaryl/α,β-unsaturated/α-hetero) is 2. The number of hydrogen-bond donors (Lipinski definition) is 0. The van der Waals surface area contributed by atoms with Gasteiger partial charge in [0, 0.05) is 22.0 Å². The molecule has 2 aromatic carbocycles. The zero-order valence-electron chi connectivity index (χ0n) is 14.3. The predicted octanol–water partition coefficient (Wildman–Crippen LogP) is 5.19. The third-order valence-corrected chi connectivity index (χ3v) is 4.19. The maximum Gasteiger partial charge on any atom is 0.168 e. The second kappa shape index (κ2) is 6.49. The molecule has 2 heteroatoms. The first-order valence-electron chi connectivity index (χ1n) is 7.94. The van der Waals surface area contributed by atoms with E-state index in [4.69, 9.17) is 0 Å². The highest BCUT2D eigenvalue weighted by Gasteiger charge is 2.39. The van der Waals surface area contributed by atoms with Crippen molar-refractivity contribution in [2.75, 3.05) is 0 Å². The summed E-state index contributed by atoms with van der Waals surface area (Å²) >= 11 is 0. The summed E-state index contributed by atoms with van der Waals surface area (Å²) in [4.78, 5) is 25.6. The molecule has 0 spiro atoms. The van der Waals surface area contributed by atoms with Crippen LogP contribution in [0.25, 0.3) is 0 Å². The van der Waals surface area contributed by atoms with Gasteiger partial charge < -0.3 is 0 Å². The second-order valence-corrected chi connectivity index (χ2v) is 7.33. The molecule has 120 valence electrons. The first kappa shape index (κ1) is 17.1. The van der Waals surface area contributed by atoms with Gasteiger partial charge in [-0.1, -0.05) is 88.4 Å². The Balaban J connectivity index is 2.21. The van der Waals surface area contributed by atoms with E-state index in [1.165, 1.54) is 0 Å². The molecule has 0 N–H and O–H groups in total. The molecule has 2 nitrogen and oxygen atoms in total. The zero-order valence-corrected chi connectivity index (χ0v) is 14.3. The second-order valence-electron chi connectivity index (χ2n) is 7.33. The summed E-state index contributed by atoms with van der Waals surface area (Å²) in [5.41, 5.74) is 0.186. The van der Waals surface area contributed by atoms with Gasteiger partial charge in [-0.3, -0.25) is 9.59 Å². The molecule has 0 saturated carbocycles. The van der Waals surface area contributed by atoms with E-state index in [1.807, 2.05) is 88.4 Å². The van der Waals surface area contributed by atoms with Crippen LogP contribution < -0.4 is 0 Å². The van der Waals surface area contributed by atoms with Gasteiger partial charge in [0.2, 0.25) is 0 Å². The highest BCUT2D eigenvalue weighted by molar-refractivity contribution is 6.03. The van der Waals surface area contributed by atoms with E-state index < -0.39 is 10.8 Å². The molecule has 0 atom stereocenters. The number of benzene rings is 2. The first-order chi connectivity index (χ1) is 10.7. The lowest BCUT2D eigenvalue weighted by molar-refractivity contribution is 0.0673. The minimum atomic E-state index is -0.602. The summed E-state index contributed by atoms with van der Waals surface area (Å²) < 4.78 is 0. The van der Waals surface area contributed by atoms with E-state index in [1.54, 1.807) is 0 Å². The van der Waals surface area contributed by atoms with Crippen LogP contribution in [-0.2, 0) is 0 Å². The molecular formula is C21H24O2. The van der Waals surface area contributed by atoms with E-state index in [-0.39, 0.29) is 11.6 Å². The van der Waals surface area contributed by atoms with Gasteiger partial charge in [0.05, 0.1) is 0 Å². The lowest BCUT2D eigenvalue weighted by Crippen LogP contribution is -2.35. The number of carbonyl (C=O) groups excluding carboxylic acids is 2. The van der Waals surface area contributed by atoms with Crippen LogP contribution in [0.3, 0.4) is 0 Å². The molecule has 0 heterocycles. The molecule has 0 amide bonds. The van der Waals surface area contributed by atoms with Gasteiger partial charge in [0.25, 0.3) is 0 Å². The standard InChI is InChI=1S/C21H24O2/c1-20(2,18(22)16-11-7-5-8-12-16)15-21(3,4)19(23)17-13-9-6-10-14-17/h5-14H,15H2,1-4H3. The van der Waals surface area contributed by atoms with Crippen molar-refractivity contribution < 1.29 is 9.59 Å². The molecule has 2 rings (SSSR count). The largest absolute Gasteiger partial charge is 0.294 e. The van der Waals surface area contributed by atoms with Gasteiger partial charge in [-0.2, -0.15) is 0 Å². The molecule has 0 unspecified atom stereocenters. The van der Waals surface area contributed by atoms with Crippen molar-refractivity contribution in [3.8, 4) is 0 Å². The first-order valence-corrected chi connectivity index (χ1v) is 7.94. The molecule has 0 saturated heterocycles. The minimum absolute atomic E-state index is 0.0760. The van der Waals surface area contributed by atoms with Gasteiger partial charge in [0.1, 0.15) is 0 Å². The van der Waals surface area contributed by atoms with Crippen LogP contribution in [-0.4, -0.2) is 11.6 Å². The lowest BCUT2D eigenvalue weighted by atomic mass is 9.68. The zero-order chi connectivity index (χ0) is 17.1. The Morgan fingerprint density at radius 1 is 0.652 bits per heavy atom. The predicted molar refractivity (Wildman–Crippen MR) is 93.7 cm³/mol. The summed E-state index contributed by atoms with van der Waals surface area (Å²) in [6.07, 6.45) is 0.501. The summed E-state index contributed by atoms with van der Waals surface area (Å²) in [6, 6.07) is 18.6. The molecule has 0 aliphatic rings. The minimum Gasteiger partial charge on any atom is -0.294 e. The van der Waals surface area contributed by atoms with Crippen LogP contribution in [0.5, 0.6) is 0 Å². The maximum absolute atomic E-state index is 12.8. The number of ketones is 2. The highest BCUT2D eigenvalue weighted by Crippen LogP contribution is 2.38. The fourth-order valence-electron chi connectivity index (χ4n) is 3.23. The quantitative estimate of drug-likeness (QED) is 0.688. The number of rotatable bonds is 6. The van der Waals surface area contributed by atoms with E-state index in [9.17, 15) is 9.59 Å². The summed E-state index contributed by atoms with van der Waals surface area (Å²) in [5.74, 6) is 0.152. The van der Waals surface area contributed by atoms with E-state index >= 15 is 0 Å². The number of hydrogen-bond acceptors (Lipinski definition) is 2. The average molecular weight is 308 g/mol. The molecule has 23 heavy (non-hydrogen) atoms. The van der Waals surface area contributed by atoms with Gasteiger partial charge in [0.15, 0.2) is 11.6 Å². The molecule has 0 radical (unpaired) electrons. The third kappa shape index (κ3) is 3.95. The van der Waals surface area contributed by atoms with Crippen molar-refractivity contribution in [1.82, 2.24) is 0 Å². The molecular weight excluding hydrogens is 284 g/mol. The average Bonchev–Trinajstić information content (AvgIpc) is 2.54. The fraction of sp³-hybridized carbons (Fsp3) is 0.333. The van der Waals surface area contributed by atoms with Crippen LogP contribution in [0.1, 0.15) is 54.8 Å². The molecule has 0 aliphatic carbocycles. The third-order valence-electron chi connectivity index (χ3n) is 4.19. The normalized spacial score (nSPS) is 12.0. The lowest BCUT2D eigenvalue weighted by Gasteiger charge is -2.33. The van der Waals surface area contributed by atoms with Crippen molar-refractivity contribution in [3.05, 3.63) is 71.8 Å². The maximum atomic E-state index is 12.8. The van der Waals surface area contributed by atoms with E-state index in [2.05, 4.69) is 0 Å². The van der Waals surface area contributed by atoms with Crippen LogP contribution >= 0.6 is 0 Å². The topological polar surface area (TPSA) is 34.1 Å². The van der Waals surface area contributed by atoms with Gasteiger partial charge in [-0.05, 0) is 6.42 Å². The number of carbonyl (C=O) groups is 2. The Labute approximate surface area is 138 Å². The highest BCUT2D eigenvalue weighted by atomic mass is 16.1. The van der Waals surface area contributed by atoms with Crippen molar-refractivity contribution in [2.45, 2.75) is 34.1 Å². The van der Waals surface area contributed by atoms with Crippen LogP contribution in [0.4, 0.5) is 0 Å². The monoisotopic (exact) mass is 308 g/mol. The summed E-state index contributed by atoms with van der Waals surface area (Å²) in [6.45, 7) is 7.68. The van der Waals surface area contributed by atoms with Crippen LogP contribution in [0.2, 0.25) is 0 Å². The van der Waals surface area contributed by atoms with Gasteiger partial charge >= 0.3 is 0 Å². The van der Waals surface area contributed by atoms with Gasteiger partial charge in [-0.15, -0.1) is 0 Å². The van der Waals surface area contributed by atoms with Gasteiger partial charge in [-0.25, -0.2) is 0 Å². The van der Waals surface area contributed by atoms with Crippen LogP contribution in [0, 0.1) is 10.8 Å². The Hall–Kier alpha value is -2.22. The molecule has 0 aliphatic heterocycles. The smallest absolute Gasteiger partial charge is 0.168 e. The van der Waals surface area contributed by atoms with Crippen molar-refractivity contribution in [2.24, 2.45) is 10.8 Å². The summed E-state index contributed by atoms with van der Waals surface area (Å²) in [7, 11) is 0. The van der Waals surface area contributed by atoms with Crippen LogP contribution in [0.15, 0.2) is 60.7 Å². The Morgan fingerprint density at radius 2 is 0.957 bits per heavy atom. The Morgan fingerprint density at radius 3 is 1.26 bits per heavy atom. The molecule has 0 bridgehead atoms. The Kier molecular flexibility index (Phi) is 4.84.